The third-order valence-corrected chi connectivity index (χ3v) is 3.82. The van der Waals surface area contributed by atoms with Crippen LogP contribution in [0, 0.1) is 0 Å². The zero-order valence-corrected chi connectivity index (χ0v) is 14.8. The summed E-state index contributed by atoms with van der Waals surface area (Å²) in [6.45, 7) is 2.08. The molecule has 7 heteroatoms. The molecule has 1 aromatic heterocycles. The van der Waals surface area contributed by atoms with E-state index in [-0.39, 0.29) is 5.97 Å². The molecule has 1 heterocycles. The topological polar surface area (TPSA) is 76.1 Å². The van der Waals surface area contributed by atoms with Crippen molar-refractivity contribution in [2.45, 2.75) is 6.92 Å². The lowest BCUT2D eigenvalue weighted by molar-refractivity contribution is 0.0527. The Bertz CT molecular complexity index is 917. The molecule has 0 fully saturated rings. The Morgan fingerprint density at radius 3 is 2.31 bits per heavy atom. The Morgan fingerprint density at radius 2 is 1.62 bits per heavy atom. The minimum Gasteiger partial charge on any atom is -0.462 e. The number of nitrogens with one attached hydrogen (secondary N) is 2. The van der Waals surface area contributed by atoms with E-state index in [1.807, 2.05) is 24.3 Å². The molecule has 2 N–H and O–H groups in total. The van der Waals surface area contributed by atoms with E-state index >= 15 is 0 Å². The Morgan fingerprint density at radius 1 is 1.00 bits per heavy atom. The predicted octanol–water partition coefficient (Wildman–Crippen LogP) is 4.79. The molecule has 0 radical (unpaired) electrons. The molecule has 2 aromatic carbocycles. The van der Waals surface area contributed by atoms with Crippen molar-refractivity contribution in [1.29, 1.82) is 0 Å². The summed E-state index contributed by atoms with van der Waals surface area (Å²) in [5, 5.41) is 6.86. The summed E-state index contributed by atoms with van der Waals surface area (Å²) in [4.78, 5) is 20.5. The Kier molecular flexibility index (Phi) is 5.66. The molecule has 6 nitrogen and oxygen atoms in total. The molecule has 132 valence electrons. The first-order chi connectivity index (χ1) is 12.7. The molecular formula is C19H17ClN4O2. The number of esters is 1. The predicted molar refractivity (Wildman–Crippen MR) is 102 cm³/mol. The lowest BCUT2D eigenvalue weighted by Gasteiger charge is -2.12. The maximum absolute atomic E-state index is 12.1. The summed E-state index contributed by atoms with van der Waals surface area (Å²) in [6, 6.07) is 16.2. The van der Waals surface area contributed by atoms with Gasteiger partial charge >= 0.3 is 5.97 Å². The highest BCUT2D eigenvalue weighted by Crippen LogP contribution is 2.26. The van der Waals surface area contributed by atoms with Gasteiger partial charge in [-0.1, -0.05) is 35.9 Å². The van der Waals surface area contributed by atoms with Crippen LogP contribution in [0.1, 0.15) is 17.3 Å². The number of halogens is 1. The minimum atomic E-state index is -0.390. The van der Waals surface area contributed by atoms with Crippen LogP contribution in [0.4, 0.5) is 23.0 Å². The zero-order valence-electron chi connectivity index (χ0n) is 14.1. The van der Waals surface area contributed by atoms with Crippen molar-refractivity contribution in [2.75, 3.05) is 17.2 Å². The van der Waals surface area contributed by atoms with Crippen LogP contribution in [0.3, 0.4) is 0 Å². The summed E-state index contributed by atoms with van der Waals surface area (Å²) in [6.07, 6.45) is 1.43. The zero-order chi connectivity index (χ0) is 18.4. The van der Waals surface area contributed by atoms with Gasteiger partial charge in [-0.25, -0.2) is 14.8 Å². The second kappa shape index (κ2) is 8.31. The van der Waals surface area contributed by atoms with Crippen molar-refractivity contribution in [3.05, 3.63) is 71.5 Å². The maximum atomic E-state index is 12.1. The first-order valence-corrected chi connectivity index (χ1v) is 8.42. The highest BCUT2D eigenvalue weighted by molar-refractivity contribution is 6.33. The number of hydrogen-bond acceptors (Lipinski definition) is 6. The molecule has 3 rings (SSSR count). The quantitative estimate of drug-likeness (QED) is 0.609. The molecule has 0 amide bonds. The molecule has 0 spiro atoms. The van der Waals surface area contributed by atoms with Crippen LogP contribution in [0.5, 0.6) is 0 Å². The number of benzene rings is 2. The van der Waals surface area contributed by atoms with Crippen LogP contribution in [-0.2, 0) is 4.74 Å². The van der Waals surface area contributed by atoms with E-state index in [2.05, 4.69) is 20.6 Å². The first-order valence-electron chi connectivity index (χ1n) is 8.04. The maximum Gasteiger partial charge on any atom is 0.340 e. The van der Waals surface area contributed by atoms with Crippen LogP contribution in [-0.4, -0.2) is 22.5 Å². The molecule has 0 aliphatic rings. The van der Waals surface area contributed by atoms with Crippen LogP contribution in [0.15, 0.2) is 60.9 Å². The van der Waals surface area contributed by atoms with Gasteiger partial charge in [-0.3, -0.25) is 0 Å². The summed E-state index contributed by atoms with van der Waals surface area (Å²) < 4.78 is 5.08. The fourth-order valence-electron chi connectivity index (χ4n) is 2.31. The van der Waals surface area contributed by atoms with Crippen molar-refractivity contribution in [2.24, 2.45) is 0 Å². The van der Waals surface area contributed by atoms with E-state index in [9.17, 15) is 4.79 Å². The van der Waals surface area contributed by atoms with Crippen molar-refractivity contribution in [3.8, 4) is 0 Å². The van der Waals surface area contributed by atoms with E-state index < -0.39 is 0 Å². The van der Waals surface area contributed by atoms with Crippen LogP contribution in [0.2, 0.25) is 5.02 Å². The molecule has 0 aliphatic heterocycles. The minimum absolute atomic E-state index is 0.312. The van der Waals surface area contributed by atoms with Gasteiger partial charge in [-0.2, -0.15) is 0 Å². The largest absolute Gasteiger partial charge is 0.462 e. The number of carbonyl (C=O) groups is 1. The molecule has 0 bridgehead atoms. The number of para-hydroxylation sites is 2. The third-order valence-electron chi connectivity index (χ3n) is 3.49. The van der Waals surface area contributed by atoms with E-state index in [4.69, 9.17) is 16.3 Å². The van der Waals surface area contributed by atoms with Gasteiger partial charge in [-0.15, -0.1) is 0 Å². The average Bonchev–Trinajstić information content (AvgIpc) is 2.65. The lowest BCUT2D eigenvalue weighted by Crippen LogP contribution is -2.08. The number of nitrogens with zero attached hydrogens (tertiary/aromatic N) is 2. The number of aromatic nitrogens is 2. The Labute approximate surface area is 156 Å². The van der Waals surface area contributed by atoms with Gasteiger partial charge < -0.3 is 15.4 Å². The number of hydrogen-bond donors (Lipinski definition) is 2. The van der Waals surface area contributed by atoms with Crippen LogP contribution < -0.4 is 10.6 Å². The monoisotopic (exact) mass is 368 g/mol. The standard InChI is InChI=1S/C19H17ClN4O2/c1-2-26-19(25)13-7-3-5-9-15(13)23-17-11-18(22-12-21-17)24-16-10-6-4-8-14(16)20/h3-12H,2H2,1H3,(H2,21,22,23,24). The van der Waals surface area contributed by atoms with Crippen LogP contribution in [0.25, 0.3) is 0 Å². The van der Waals surface area contributed by atoms with E-state index in [0.29, 0.717) is 34.5 Å². The fraction of sp³-hybridized carbons (Fsp3) is 0.105. The first kappa shape index (κ1) is 17.7. The van der Waals surface area contributed by atoms with E-state index in [1.165, 1.54) is 6.33 Å². The summed E-state index contributed by atoms with van der Waals surface area (Å²) in [5.74, 6) is 0.717. The summed E-state index contributed by atoms with van der Waals surface area (Å²) in [7, 11) is 0. The average molecular weight is 369 g/mol. The molecule has 0 atom stereocenters. The van der Waals surface area contributed by atoms with Crippen molar-refractivity contribution < 1.29 is 9.53 Å². The van der Waals surface area contributed by atoms with Gasteiger partial charge in [0.1, 0.15) is 18.0 Å². The van der Waals surface area contributed by atoms with Gasteiger partial charge in [-0.05, 0) is 31.2 Å². The molecule has 26 heavy (non-hydrogen) atoms. The highest BCUT2D eigenvalue weighted by atomic mass is 35.5. The Balaban J connectivity index is 1.82. The van der Waals surface area contributed by atoms with Gasteiger partial charge in [0.2, 0.25) is 0 Å². The van der Waals surface area contributed by atoms with Crippen molar-refractivity contribution in [1.82, 2.24) is 9.97 Å². The third kappa shape index (κ3) is 4.29. The van der Waals surface area contributed by atoms with Gasteiger partial charge in [0.05, 0.1) is 28.6 Å². The van der Waals surface area contributed by atoms with Crippen molar-refractivity contribution >= 4 is 40.6 Å². The van der Waals surface area contributed by atoms with Crippen LogP contribution >= 0.6 is 11.6 Å². The number of anilines is 4. The van der Waals surface area contributed by atoms with Crippen molar-refractivity contribution in [3.63, 3.8) is 0 Å². The Hall–Kier alpha value is -3.12. The summed E-state index contributed by atoms with van der Waals surface area (Å²) in [5.41, 5.74) is 1.78. The number of rotatable bonds is 6. The SMILES string of the molecule is CCOC(=O)c1ccccc1Nc1cc(Nc2ccccc2Cl)ncn1. The normalized spacial score (nSPS) is 10.2. The van der Waals surface area contributed by atoms with E-state index in [1.54, 1.807) is 37.3 Å². The molecule has 3 aromatic rings. The van der Waals surface area contributed by atoms with Gasteiger partial charge in [0, 0.05) is 6.07 Å². The second-order valence-corrected chi connectivity index (χ2v) is 5.69. The van der Waals surface area contributed by atoms with E-state index in [0.717, 1.165) is 5.69 Å². The highest BCUT2D eigenvalue weighted by Gasteiger charge is 2.12. The number of ether oxygens (including phenoxy) is 1. The fourth-order valence-corrected chi connectivity index (χ4v) is 2.49. The van der Waals surface area contributed by atoms with Gasteiger partial charge in [0.15, 0.2) is 0 Å². The smallest absolute Gasteiger partial charge is 0.340 e. The second-order valence-electron chi connectivity index (χ2n) is 5.28. The molecular weight excluding hydrogens is 352 g/mol. The number of carbonyl (C=O) groups excluding carboxylic acids is 1. The molecule has 0 unspecified atom stereocenters. The molecule has 0 aliphatic carbocycles. The lowest BCUT2D eigenvalue weighted by atomic mass is 10.2. The molecule has 0 saturated carbocycles. The molecule has 0 saturated heterocycles. The summed E-state index contributed by atoms with van der Waals surface area (Å²) >= 11 is 6.16. The van der Waals surface area contributed by atoms with Gasteiger partial charge in [0.25, 0.3) is 0 Å².